The molecule has 544 valence electrons. The molecule has 2 heterocycles. The van der Waals surface area contributed by atoms with Gasteiger partial charge in [-0.25, -0.2) is 13.6 Å². The molecule has 10 N–H and O–H groups in total. The topological polar surface area (TPSA) is 409 Å². The zero-order valence-corrected chi connectivity index (χ0v) is 56.1. The van der Waals surface area contributed by atoms with Crippen molar-refractivity contribution in [2.45, 2.75) is 172 Å². The van der Waals surface area contributed by atoms with Crippen LogP contribution in [0.3, 0.4) is 0 Å². The number of anilines is 1. The Kier molecular flexibility index (Phi) is 27.8. The van der Waals surface area contributed by atoms with Crippen molar-refractivity contribution in [1.82, 2.24) is 26.2 Å². The normalized spacial score (nSPS) is 28.3. The van der Waals surface area contributed by atoms with Crippen LogP contribution in [-0.2, 0) is 87.7 Å². The third-order valence-corrected chi connectivity index (χ3v) is 19.4. The fourth-order valence-electron chi connectivity index (χ4n) is 14.3. The summed E-state index contributed by atoms with van der Waals surface area (Å²) in [4.78, 5) is 131. The number of carbonyl (C=O) groups is 10. The second-order valence-electron chi connectivity index (χ2n) is 26.3. The molecule has 7 amide bonds. The van der Waals surface area contributed by atoms with Gasteiger partial charge in [-0.05, 0) is 99.6 Å². The Morgan fingerprint density at radius 1 is 0.745 bits per heavy atom. The van der Waals surface area contributed by atoms with E-state index in [2.05, 4.69) is 26.6 Å². The lowest BCUT2D eigenvalue weighted by Crippen LogP contribution is -2.71. The lowest BCUT2D eigenvalue weighted by molar-refractivity contribution is -0.234. The molecule has 3 saturated carbocycles. The Hall–Kier alpha value is -7.04. The maximum absolute atomic E-state index is 18.0. The molecule has 0 spiro atoms. The van der Waals surface area contributed by atoms with Crippen molar-refractivity contribution in [2.75, 3.05) is 91.0 Å². The van der Waals surface area contributed by atoms with E-state index in [4.69, 9.17) is 43.0 Å². The van der Waals surface area contributed by atoms with E-state index in [1.165, 1.54) is 55.5 Å². The first kappa shape index (κ1) is 78.3. The van der Waals surface area contributed by atoms with E-state index in [1.807, 2.05) is 6.92 Å². The van der Waals surface area contributed by atoms with Gasteiger partial charge < -0.3 is 90.0 Å². The maximum atomic E-state index is 18.0. The standard InChI is InChI=1S/C67H94F2N6O23/c1-7-8-57-97-65(6)33-45-43-32-46(68)44-31-42(77)17-20-63(44,4)66(43,69)50(80)34-64(45,5)67(65,98-57)51(81)38-96-62(90)95-37-40-9-11-41(12-10-40)72-54(84)36-71-61(89)58(39(2)3)74-60(88)47(13-14-52(82)70-35-49(79)59(87)48(78)18-22-76)73-53(83)19-23-91-25-27-93-29-30-94-28-26-92-24-21-75-55(85)15-16-56(75)86/h9-12,15-17,20,31,39,43,45-50,57-59,76,78-80,87H,7-8,13-14,18-19,21-30,32-38H2,1-6H3,(H,70,82)(H,71,89)(H,72,84)(H,73,83)(H,74,88)/t43-,45?,46-,47+,48+,49-,50-,57?,58?,59-,63-,64-,65+,66-,67-/m0/s1. The number of ether oxygens (including phenoxy) is 8. The molecule has 6 aliphatic rings. The number of ketones is 2. The molecule has 31 heteroatoms. The van der Waals surface area contributed by atoms with E-state index >= 15 is 8.78 Å². The number of nitrogens with zero attached hydrogens (tertiary/aromatic N) is 1. The average molecular weight is 1390 g/mol. The minimum Gasteiger partial charge on any atom is -0.429 e. The van der Waals surface area contributed by atoms with E-state index in [-0.39, 0.29) is 116 Å². The number of benzene rings is 1. The Balaban J connectivity index is 0.854. The van der Waals surface area contributed by atoms with Gasteiger partial charge in [0.05, 0.1) is 84.3 Å². The van der Waals surface area contributed by atoms with E-state index in [1.54, 1.807) is 27.7 Å². The summed E-state index contributed by atoms with van der Waals surface area (Å²) in [6.07, 6.45) is -5.19. The number of hydrogen-bond donors (Lipinski definition) is 10. The minimum atomic E-state index is -2.43. The molecule has 3 unspecified atom stereocenters. The van der Waals surface area contributed by atoms with Crippen molar-refractivity contribution >= 4 is 64.8 Å². The number of alkyl halides is 2. The van der Waals surface area contributed by atoms with Gasteiger partial charge in [0, 0.05) is 60.6 Å². The summed E-state index contributed by atoms with van der Waals surface area (Å²) in [6, 6.07) is 3.32. The van der Waals surface area contributed by atoms with Gasteiger partial charge >= 0.3 is 6.16 Å². The first-order valence-electron chi connectivity index (χ1n) is 33.2. The molecule has 98 heavy (non-hydrogen) atoms. The Bertz CT molecular complexity index is 3100. The summed E-state index contributed by atoms with van der Waals surface area (Å²) in [6.45, 7) is 8.57. The number of hydrogen-bond acceptors (Lipinski definition) is 23. The van der Waals surface area contributed by atoms with Crippen LogP contribution < -0.4 is 26.6 Å². The largest absolute Gasteiger partial charge is 0.509 e. The zero-order valence-electron chi connectivity index (χ0n) is 56.1. The first-order chi connectivity index (χ1) is 46.5. The second-order valence-corrected chi connectivity index (χ2v) is 26.3. The number of rotatable bonds is 39. The van der Waals surface area contributed by atoms with Gasteiger partial charge in [0.2, 0.25) is 35.3 Å². The van der Waals surface area contributed by atoms with Crippen LogP contribution in [0.1, 0.15) is 105 Å². The highest BCUT2D eigenvalue weighted by atomic mass is 19.1. The van der Waals surface area contributed by atoms with E-state index < -0.39 is 186 Å². The Morgan fingerprint density at radius 2 is 1.39 bits per heavy atom. The number of aliphatic hydroxyl groups excluding tert-OH is 5. The van der Waals surface area contributed by atoms with Crippen LogP contribution in [0.4, 0.5) is 19.3 Å². The van der Waals surface area contributed by atoms with Crippen LogP contribution in [0.25, 0.3) is 0 Å². The summed E-state index contributed by atoms with van der Waals surface area (Å²) in [5.74, 6) is -8.18. The van der Waals surface area contributed by atoms with Gasteiger partial charge in [-0.1, -0.05) is 52.3 Å². The summed E-state index contributed by atoms with van der Waals surface area (Å²) >= 11 is 0. The third-order valence-electron chi connectivity index (χ3n) is 19.4. The quantitative estimate of drug-likeness (QED) is 0.0249. The van der Waals surface area contributed by atoms with Gasteiger partial charge in [0.15, 0.2) is 29.9 Å². The summed E-state index contributed by atoms with van der Waals surface area (Å²) in [7, 11) is 0. The number of Topliss-reactive ketones (excluding diaryl/α,β-unsaturated/α-hetero) is 1. The zero-order chi connectivity index (χ0) is 71.8. The molecule has 1 saturated heterocycles. The Morgan fingerprint density at radius 3 is 2.02 bits per heavy atom. The molecule has 0 bridgehead atoms. The summed E-state index contributed by atoms with van der Waals surface area (Å²) < 4.78 is 79.9. The van der Waals surface area contributed by atoms with E-state index in [0.717, 1.165) is 11.0 Å². The van der Waals surface area contributed by atoms with E-state index in [0.29, 0.717) is 18.4 Å². The van der Waals surface area contributed by atoms with Crippen LogP contribution >= 0.6 is 0 Å². The monoisotopic (exact) mass is 1390 g/mol. The fourth-order valence-corrected chi connectivity index (χ4v) is 14.3. The van der Waals surface area contributed by atoms with Crippen molar-refractivity contribution in [3.8, 4) is 0 Å². The SMILES string of the molecule is CCCC1O[C@]2(C(=O)COC(=O)OCc3ccc(NC(=O)CNC(=O)C(NC(=O)[C@@H](CCC(=O)NC[C@H](O)[C@@H](O)[C@H](O)CCO)NC(=O)CCOCCOCCOCCOCCN4C(=O)C=CC4=O)C(C)C)cc3)[C@@](C)(CC3[C@@H]4C[C@H](F)C5=CC(=O)C=C[C@]5(C)[C@@]4(F)[C@@H](O)C[C@@]32C)O1. The molecular formula is C67H94F2N6O23. The predicted molar refractivity (Wildman–Crippen MR) is 340 cm³/mol. The average Bonchev–Trinajstić information content (AvgIpc) is 1.44. The number of amides is 7. The number of fused-ring (bicyclic) bond motifs is 7. The van der Waals surface area contributed by atoms with Crippen molar-refractivity contribution in [3.05, 3.63) is 65.8 Å². The summed E-state index contributed by atoms with van der Waals surface area (Å²) in [5.41, 5.74) is -8.11. The molecule has 15 atom stereocenters. The smallest absolute Gasteiger partial charge is 0.429 e. The molecule has 1 aromatic rings. The molecular weight excluding hydrogens is 1290 g/mol. The maximum Gasteiger partial charge on any atom is 0.509 e. The molecule has 4 aliphatic carbocycles. The highest BCUT2D eigenvalue weighted by molar-refractivity contribution is 6.13. The molecule has 29 nitrogen and oxygen atoms in total. The molecule has 4 fully saturated rings. The van der Waals surface area contributed by atoms with Crippen LogP contribution in [-0.4, -0.2) is 241 Å². The lowest BCUT2D eigenvalue weighted by atomic mass is 9.44. The van der Waals surface area contributed by atoms with Gasteiger partial charge in [0.1, 0.15) is 36.6 Å². The number of aliphatic hydroxyl groups is 5. The predicted octanol–water partition coefficient (Wildman–Crippen LogP) is 0.931. The number of imide groups is 1. The molecule has 0 aromatic heterocycles. The number of allylic oxidation sites excluding steroid dienone is 4. The summed E-state index contributed by atoms with van der Waals surface area (Å²) in [5, 5.41) is 64.0. The number of nitrogens with one attached hydrogen (secondary N) is 5. The van der Waals surface area contributed by atoms with Gasteiger partial charge in [-0.3, -0.25) is 48.1 Å². The van der Waals surface area contributed by atoms with E-state index in [9.17, 15) is 68.4 Å². The Labute approximate surface area is 566 Å². The highest BCUT2D eigenvalue weighted by Crippen LogP contribution is 2.74. The van der Waals surface area contributed by atoms with Crippen molar-refractivity contribution in [1.29, 1.82) is 0 Å². The van der Waals surface area contributed by atoms with Crippen LogP contribution in [0.15, 0.2) is 60.2 Å². The number of halogens is 2. The van der Waals surface area contributed by atoms with Crippen molar-refractivity contribution in [3.63, 3.8) is 0 Å². The van der Waals surface area contributed by atoms with Crippen LogP contribution in [0.5, 0.6) is 0 Å². The van der Waals surface area contributed by atoms with Crippen molar-refractivity contribution in [2.24, 2.45) is 28.6 Å². The first-order valence-corrected chi connectivity index (χ1v) is 33.2. The van der Waals surface area contributed by atoms with Gasteiger partial charge in [-0.15, -0.1) is 0 Å². The highest BCUT2D eigenvalue weighted by Gasteiger charge is 2.83. The minimum absolute atomic E-state index is 0.0450. The van der Waals surface area contributed by atoms with Crippen LogP contribution in [0, 0.1) is 28.6 Å². The molecule has 0 radical (unpaired) electrons. The molecule has 2 aliphatic heterocycles. The fraction of sp³-hybridized carbons (Fsp3) is 0.672. The van der Waals surface area contributed by atoms with Gasteiger partial charge in [0.25, 0.3) is 11.8 Å². The lowest BCUT2D eigenvalue weighted by Gasteiger charge is -2.63. The molecule has 7 rings (SSSR count). The van der Waals surface area contributed by atoms with Crippen LogP contribution in [0.2, 0.25) is 0 Å². The number of carbonyl (C=O) groups excluding carboxylic acids is 10. The molecule has 1 aromatic carbocycles. The van der Waals surface area contributed by atoms with Crippen molar-refractivity contribution < 1.29 is 120 Å². The third kappa shape index (κ3) is 18.1. The second kappa shape index (κ2) is 34.8. The van der Waals surface area contributed by atoms with Gasteiger partial charge in [-0.2, -0.15) is 0 Å².